The Kier molecular flexibility index (Phi) is 3.31. The molecule has 1 fully saturated rings. The van der Waals surface area contributed by atoms with Crippen LogP contribution in [0.4, 0.5) is 5.69 Å². The molecule has 3 heteroatoms. The van der Waals surface area contributed by atoms with Gasteiger partial charge in [-0.25, -0.2) is 0 Å². The summed E-state index contributed by atoms with van der Waals surface area (Å²) >= 11 is 0. The molecule has 1 saturated carbocycles. The number of amides is 1. The lowest BCUT2D eigenvalue weighted by Gasteiger charge is -2.19. The molecule has 2 atom stereocenters. The second kappa shape index (κ2) is 5.41. The lowest BCUT2D eigenvalue weighted by molar-refractivity contribution is -0.120. The van der Waals surface area contributed by atoms with Gasteiger partial charge in [-0.1, -0.05) is 37.3 Å². The first kappa shape index (κ1) is 16.5. The summed E-state index contributed by atoms with van der Waals surface area (Å²) in [7, 11) is 1.91. The van der Waals surface area contributed by atoms with Crippen molar-refractivity contribution in [1.29, 1.82) is 0 Å². The van der Waals surface area contributed by atoms with Gasteiger partial charge in [-0.15, -0.1) is 6.58 Å². The summed E-state index contributed by atoms with van der Waals surface area (Å²) < 4.78 is 0. The van der Waals surface area contributed by atoms with E-state index in [1.54, 1.807) is 0 Å². The van der Waals surface area contributed by atoms with E-state index in [9.17, 15) is 4.79 Å². The Hall–Kier alpha value is -2.68. The fraction of sp³-hybridized carbons (Fsp3) is 0.333. The van der Waals surface area contributed by atoms with Gasteiger partial charge in [-0.3, -0.25) is 9.79 Å². The van der Waals surface area contributed by atoms with Gasteiger partial charge >= 0.3 is 0 Å². The molecule has 2 unspecified atom stereocenters. The van der Waals surface area contributed by atoms with Gasteiger partial charge in [0.05, 0.1) is 12.0 Å². The smallest absolute Gasteiger partial charge is 0.238 e. The molecule has 136 valence electrons. The molecule has 2 aliphatic heterocycles. The van der Waals surface area contributed by atoms with Gasteiger partial charge in [-0.2, -0.15) is 0 Å². The zero-order chi connectivity index (χ0) is 18.8. The van der Waals surface area contributed by atoms with Gasteiger partial charge in [0, 0.05) is 24.4 Å². The van der Waals surface area contributed by atoms with Gasteiger partial charge in [0.25, 0.3) is 0 Å². The molecule has 0 N–H and O–H groups in total. The normalized spacial score (nSPS) is 27.2. The van der Waals surface area contributed by atoms with E-state index < -0.39 is 5.41 Å². The Morgan fingerprint density at radius 1 is 1.26 bits per heavy atom. The van der Waals surface area contributed by atoms with E-state index in [4.69, 9.17) is 0 Å². The molecule has 3 nitrogen and oxygen atoms in total. The highest BCUT2D eigenvalue weighted by molar-refractivity contribution is 6.12. The second-order valence-electron chi connectivity index (χ2n) is 8.34. The van der Waals surface area contributed by atoms with Crippen LogP contribution in [-0.2, 0) is 28.6 Å². The number of carbonyl (C=O) groups excluding carboxylic acids is 1. The minimum atomic E-state index is -0.425. The molecular weight excluding hydrogens is 332 g/mol. The molecule has 2 aromatic carbocycles. The highest BCUT2D eigenvalue weighted by Gasteiger charge is 2.74. The van der Waals surface area contributed by atoms with Crippen LogP contribution in [0.2, 0.25) is 0 Å². The fourth-order valence-corrected chi connectivity index (χ4v) is 5.14. The monoisotopic (exact) mass is 356 g/mol. The largest absolute Gasteiger partial charge is 0.314 e. The topological polar surface area (TPSA) is 32.7 Å². The molecule has 2 heterocycles. The summed E-state index contributed by atoms with van der Waals surface area (Å²) in [5.74, 6) is 0.232. The van der Waals surface area contributed by atoms with E-state index in [-0.39, 0.29) is 11.3 Å². The van der Waals surface area contributed by atoms with Crippen molar-refractivity contribution in [1.82, 2.24) is 0 Å². The predicted molar refractivity (Wildman–Crippen MR) is 110 cm³/mol. The summed E-state index contributed by atoms with van der Waals surface area (Å²) in [6, 6.07) is 13.2. The number of carbonyl (C=O) groups is 1. The third-order valence-electron chi connectivity index (χ3n) is 6.90. The number of benzene rings is 2. The highest BCUT2D eigenvalue weighted by atomic mass is 16.2. The molecule has 0 saturated heterocycles. The van der Waals surface area contributed by atoms with E-state index in [0.29, 0.717) is 0 Å². The zero-order valence-electron chi connectivity index (χ0n) is 16.0. The minimum Gasteiger partial charge on any atom is -0.314 e. The van der Waals surface area contributed by atoms with Crippen LogP contribution in [0.25, 0.3) is 0 Å². The summed E-state index contributed by atoms with van der Waals surface area (Å²) in [6.07, 6.45) is 6.71. The Morgan fingerprint density at radius 2 is 2.11 bits per heavy atom. The van der Waals surface area contributed by atoms with Crippen LogP contribution in [0.15, 0.2) is 54.0 Å². The third-order valence-corrected chi connectivity index (χ3v) is 6.90. The molecule has 0 radical (unpaired) electrons. The molecule has 3 aliphatic rings. The molecular formula is C24H24N2O. The Balaban J connectivity index is 1.61. The minimum absolute atomic E-state index is 0.161. The Morgan fingerprint density at radius 3 is 2.93 bits per heavy atom. The van der Waals surface area contributed by atoms with Crippen molar-refractivity contribution in [2.45, 2.75) is 43.6 Å². The van der Waals surface area contributed by atoms with Gasteiger partial charge < -0.3 is 4.90 Å². The van der Waals surface area contributed by atoms with Crippen LogP contribution in [0.5, 0.6) is 0 Å². The number of nitrogens with zero attached hydrogens (tertiary/aromatic N) is 2. The van der Waals surface area contributed by atoms with Gasteiger partial charge in [0.1, 0.15) is 0 Å². The number of hydrogen-bond donors (Lipinski definition) is 0. The van der Waals surface area contributed by atoms with Crippen LogP contribution >= 0.6 is 0 Å². The lowest BCUT2D eigenvalue weighted by Crippen LogP contribution is -2.33. The van der Waals surface area contributed by atoms with E-state index >= 15 is 0 Å². The summed E-state index contributed by atoms with van der Waals surface area (Å²) in [5, 5.41) is 0. The maximum Gasteiger partial charge on any atom is 0.238 e. The van der Waals surface area contributed by atoms with Gasteiger partial charge in [-0.05, 0) is 59.2 Å². The lowest BCUT2D eigenvalue weighted by atomic mass is 9.82. The number of likely N-dealkylation sites (N-methyl/N-ethyl adjacent to an activating group) is 1. The van der Waals surface area contributed by atoms with Gasteiger partial charge in [0.2, 0.25) is 5.91 Å². The Labute approximate surface area is 160 Å². The summed E-state index contributed by atoms with van der Waals surface area (Å²) in [5.41, 5.74) is 6.69. The number of aryl methyl sites for hydroxylation is 1. The highest BCUT2D eigenvalue weighted by Crippen LogP contribution is 2.70. The molecule has 1 aliphatic carbocycles. The average Bonchev–Trinajstić information content (AvgIpc) is 2.98. The molecule has 2 aromatic rings. The number of allylic oxidation sites excluding steroid dienone is 1. The molecule has 27 heavy (non-hydrogen) atoms. The van der Waals surface area contributed by atoms with Gasteiger partial charge in [0.15, 0.2) is 0 Å². The summed E-state index contributed by atoms with van der Waals surface area (Å²) in [6.45, 7) is 6.85. The van der Waals surface area contributed by atoms with Crippen LogP contribution in [0.3, 0.4) is 0 Å². The first-order valence-electron chi connectivity index (χ1n) is 9.67. The van der Waals surface area contributed by atoms with Crippen LogP contribution in [0, 0.1) is 0 Å². The maximum absolute atomic E-state index is 13.4. The number of aliphatic imine (C=N–C) groups is 1. The SMILES string of the molecule is C=CCCc1ccc2c(c1)C1(CC1(C)c1ccc3c(c1)C=NC3)C(=O)N2C. The quantitative estimate of drug-likeness (QED) is 0.751. The van der Waals surface area contributed by atoms with E-state index in [0.717, 1.165) is 31.5 Å². The number of anilines is 1. The van der Waals surface area contributed by atoms with Crippen LogP contribution in [-0.4, -0.2) is 19.2 Å². The second-order valence-corrected chi connectivity index (χ2v) is 8.34. The first-order chi connectivity index (χ1) is 13.0. The van der Waals surface area contributed by atoms with E-state index in [1.807, 2.05) is 24.2 Å². The number of hydrogen-bond acceptors (Lipinski definition) is 2. The molecule has 1 amide bonds. The molecule has 0 aromatic heterocycles. The molecule has 1 spiro atoms. The fourth-order valence-electron chi connectivity index (χ4n) is 5.14. The molecule has 0 bridgehead atoms. The van der Waals surface area contributed by atoms with Crippen molar-refractivity contribution in [2.75, 3.05) is 11.9 Å². The number of rotatable bonds is 4. The summed E-state index contributed by atoms with van der Waals surface area (Å²) in [4.78, 5) is 19.6. The van der Waals surface area contributed by atoms with Crippen molar-refractivity contribution >= 4 is 17.8 Å². The zero-order valence-corrected chi connectivity index (χ0v) is 16.0. The maximum atomic E-state index is 13.4. The van der Waals surface area contributed by atoms with Crippen molar-refractivity contribution in [3.8, 4) is 0 Å². The van der Waals surface area contributed by atoms with Crippen molar-refractivity contribution in [3.05, 3.63) is 76.9 Å². The van der Waals surface area contributed by atoms with Crippen LogP contribution in [0.1, 0.15) is 47.6 Å². The number of fused-ring (bicyclic) bond motifs is 3. The van der Waals surface area contributed by atoms with Crippen molar-refractivity contribution < 1.29 is 4.79 Å². The average molecular weight is 356 g/mol. The molecule has 5 rings (SSSR count). The standard InChI is InChI=1S/C24H24N2O/c1-4-5-6-16-7-10-21-20(11-16)24(22(27)26(21)3)15-23(24,2)19-9-8-17-13-25-14-18(17)12-19/h4,7-12,14H,1,5-6,13,15H2,2-3H3. The predicted octanol–water partition coefficient (Wildman–Crippen LogP) is 4.31. The first-order valence-corrected chi connectivity index (χ1v) is 9.67. The van der Waals surface area contributed by atoms with Crippen LogP contribution < -0.4 is 4.90 Å². The van der Waals surface area contributed by atoms with Crippen molar-refractivity contribution in [2.24, 2.45) is 4.99 Å². The third kappa shape index (κ3) is 2.03. The Bertz CT molecular complexity index is 1020. The van der Waals surface area contributed by atoms with Crippen molar-refractivity contribution in [3.63, 3.8) is 0 Å². The van der Waals surface area contributed by atoms with E-state index in [1.165, 1.54) is 27.8 Å². The van der Waals surface area contributed by atoms with E-state index in [2.05, 4.69) is 54.9 Å².